The second-order valence-corrected chi connectivity index (χ2v) is 5.44. The van der Waals surface area contributed by atoms with Crippen LogP contribution in [0.1, 0.15) is 27.2 Å². The minimum absolute atomic E-state index is 0.192. The Morgan fingerprint density at radius 2 is 1.71 bits per heavy atom. The Kier molecular flexibility index (Phi) is 5.45. The molecule has 0 aliphatic heterocycles. The summed E-state index contributed by atoms with van der Waals surface area (Å²) in [6.07, 6.45) is 1.22. The molecule has 0 saturated heterocycles. The van der Waals surface area contributed by atoms with Gasteiger partial charge >= 0.3 is 0 Å². The molecule has 2 aromatic carbocycles. The van der Waals surface area contributed by atoms with E-state index in [-0.39, 0.29) is 6.10 Å². The Hall–Kier alpha value is -1.74. The van der Waals surface area contributed by atoms with Crippen LogP contribution in [0.2, 0.25) is 0 Å². The van der Waals surface area contributed by atoms with Gasteiger partial charge in [-0.25, -0.2) is 0 Å². The lowest BCUT2D eigenvalue weighted by molar-refractivity contribution is 0.183. The minimum Gasteiger partial charge on any atom is -0.490 e. The van der Waals surface area contributed by atoms with Gasteiger partial charge in [0, 0.05) is 23.0 Å². The van der Waals surface area contributed by atoms with Crippen molar-refractivity contribution >= 4 is 16.5 Å². The summed E-state index contributed by atoms with van der Waals surface area (Å²) in [6.45, 7) is 9.78. The smallest absolute Gasteiger partial charge is 0.127 e. The molecule has 0 aliphatic rings. The van der Waals surface area contributed by atoms with E-state index in [1.54, 1.807) is 0 Å². The summed E-state index contributed by atoms with van der Waals surface area (Å²) in [7, 11) is 0. The third kappa shape index (κ3) is 3.88. The van der Waals surface area contributed by atoms with E-state index >= 15 is 0 Å². The van der Waals surface area contributed by atoms with Crippen molar-refractivity contribution in [3.8, 4) is 5.75 Å². The highest BCUT2D eigenvalue weighted by Gasteiger charge is 2.10. The summed E-state index contributed by atoms with van der Waals surface area (Å²) < 4.78 is 6.14. The van der Waals surface area contributed by atoms with Crippen molar-refractivity contribution in [2.24, 2.45) is 0 Å². The lowest BCUT2D eigenvalue weighted by atomic mass is 10.1. The molecule has 0 aromatic heterocycles. The fourth-order valence-electron chi connectivity index (χ4n) is 2.59. The van der Waals surface area contributed by atoms with E-state index in [1.165, 1.54) is 0 Å². The molecule has 114 valence electrons. The zero-order valence-corrected chi connectivity index (χ0v) is 13.3. The van der Waals surface area contributed by atoms with E-state index in [2.05, 4.69) is 31.7 Å². The van der Waals surface area contributed by atoms with Crippen LogP contribution < -0.4 is 10.5 Å². The number of nitrogens with two attached hydrogens (primary N) is 1. The van der Waals surface area contributed by atoms with Crippen molar-refractivity contribution in [2.75, 3.05) is 25.4 Å². The number of fused-ring (bicyclic) bond motifs is 1. The molecule has 0 saturated carbocycles. The number of hydrogen-bond acceptors (Lipinski definition) is 3. The molecule has 0 spiro atoms. The third-order valence-electron chi connectivity index (χ3n) is 3.99. The number of nitrogen functional groups attached to an aromatic ring is 1. The molecule has 2 aromatic rings. The molecule has 0 amide bonds. The first-order chi connectivity index (χ1) is 10.2. The van der Waals surface area contributed by atoms with Crippen molar-refractivity contribution in [3.05, 3.63) is 36.4 Å². The molecule has 0 aliphatic carbocycles. The summed E-state index contributed by atoms with van der Waals surface area (Å²) in [5.41, 5.74) is 6.83. The summed E-state index contributed by atoms with van der Waals surface area (Å²) >= 11 is 0. The highest BCUT2D eigenvalue weighted by molar-refractivity contribution is 5.96. The molecule has 0 bridgehead atoms. The molecule has 3 nitrogen and oxygen atoms in total. The quantitative estimate of drug-likeness (QED) is 0.784. The molecular formula is C18H26N2O. The first-order valence-corrected chi connectivity index (χ1v) is 7.82. The van der Waals surface area contributed by atoms with Crippen LogP contribution in [0.5, 0.6) is 5.75 Å². The van der Waals surface area contributed by atoms with Gasteiger partial charge < -0.3 is 15.4 Å². The van der Waals surface area contributed by atoms with Crippen LogP contribution >= 0.6 is 0 Å². The number of hydrogen-bond donors (Lipinski definition) is 1. The van der Waals surface area contributed by atoms with E-state index in [9.17, 15) is 0 Å². The predicted molar refractivity (Wildman–Crippen MR) is 90.9 cm³/mol. The maximum atomic E-state index is 6.14. The lowest BCUT2D eigenvalue weighted by Crippen LogP contribution is -2.27. The van der Waals surface area contributed by atoms with E-state index in [4.69, 9.17) is 10.5 Å². The van der Waals surface area contributed by atoms with Crippen LogP contribution in [0, 0.1) is 0 Å². The van der Waals surface area contributed by atoms with Gasteiger partial charge in [-0.15, -0.1) is 0 Å². The largest absolute Gasteiger partial charge is 0.490 e. The SMILES string of the molecule is CCN(CC)CCC(C)Oc1cccc2c(N)cccc12. The molecule has 21 heavy (non-hydrogen) atoms. The summed E-state index contributed by atoms with van der Waals surface area (Å²) in [6, 6.07) is 12.0. The topological polar surface area (TPSA) is 38.5 Å². The number of nitrogens with zero attached hydrogens (tertiary/aromatic N) is 1. The monoisotopic (exact) mass is 286 g/mol. The first kappa shape index (κ1) is 15.6. The normalized spacial score (nSPS) is 12.8. The van der Waals surface area contributed by atoms with Gasteiger partial charge in [0.05, 0.1) is 6.10 Å². The van der Waals surface area contributed by atoms with Gasteiger partial charge in [-0.1, -0.05) is 38.1 Å². The number of rotatable bonds is 7. The number of anilines is 1. The Morgan fingerprint density at radius 1 is 1.05 bits per heavy atom. The van der Waals surface area contributed by atoms with Crippen LogP contribution in [0.15, 0.2) is 36.4 Å². The highest BCUT2D eigenvalue weighted by Crippen LogP contribution is 2.30. The lowest BCUT2D eigenvalue weighted by Gasteiger charge is -2.22. The molecule has 1 unspecified atom stereocenters. The van der Waals surface area contributed by atoms with E-state index < -0.39 is 0 Å². The van der Waals surface area contributed by atoms with Crippen molar-refractivity contribution < 1.29 is 4.74 Å². The average Bonchev–Trinajstić information content (AvgIpc) is 2.49. The van der Waals surface area contributed by atoms with Gasteiger partial charge in [0.2, 0.25) is 0 Å². The van der Waals surface area contributed by atoms with Crippen molar-refractivity contribution in [1.29, 1.82) is 0 Å². The Labute approximate surface area is 127 Å². The molecule has 0 fully saturated rings. The fourth-order valence-corrected chi connectivity index (χ4v) is 2.59. The van der Waals surface area contributed by atoms with Crippen LogP contribution in [0.4, 0.5) is 5.69 Å². The maximum absolute atomic E-state index is 6.14. The van der Waals surface area contributed by atoms with Gasteiger partial charge in [-0.05, 0) is 38.6 Å². The molecule has 0 radical (unpaired) electrons. The number of benzene rings is 2. The third-order valence-corrected chi connectivity index (χ3v) is 3.99. The zero-order chi connectivity index (χ0) is 15.2. The molecule has 3 heteroatoms. The standard InChI is InChI=1S/C18H26N2O/c1-4-20(5-2)13-12-14(3)21-18-11-7-8-15-16(18)9-6-10-17(15)19/h6-11,14H,4-5,12-13,19H2,1-3H3. The molecule has 0 heterocycles. The second-order valence-electron chi connectivity index (χ2n) is 5.44. The minimum atomic E-state index is 0.192. The summed E-state index contributed by atoms with van der Waals surface area (Å²) in [5, 5.41) is 2.15. The fraction of sp³-hybridized carbons (Fsp3) is 0.444. The predicted octanol–water partition coefficient (Wildman–Crippen LogP) is 3.92. The van der Waals surface area contributed by atoms with Crippen LogP contribution in [0.25, 0.3) is 10.8 Å². The van der Waals surface area contributed by atoms with Crippen molar-refractivity contribution in [1.82, 2.24) is 4.90 Å². The average molecular weight is 286 g/mol. The van der Waals surface area contributed by atoms with Gasteiger partial charge in [-0.3, -0.25) is 0 Å². The van der Waals surface area contributed by atoms with Crippen LogP contribution in [-0.4, -0.2) is 30.6 Å². The second kappa shape index (κ2) is 7.32. The van der Waals surface area contributed by atoms with E-state index in [0.717, 1.165) is 48.3 Å². The molecular weight excluding hydrogens is 260 g/mol. The van der Waals surface area contributed by atoms with Crippen LogP contribution in [-0.2, 0) is 0 Å². The van der Waals surface area contributed by atoms with E-state index in [1.807, 2.05) is 30.3 Å². The highest BCUT2D eigenvalue weighted by atomic mass is 16.5. The van der Waals surface area contributed by atoms with Crippen molar-refractivity contribution in [3.63, 3.8) is 0 Å². The summed E-state index contributed by atoms with van der Waals surface area (Å²) in [5.74, 6) is 0.923. The Balaban J connectivity index is 2.07. The first-order valence-electron chi connectivity index (χ1n) is 7.82. The van der Waals surface area contributed by atoms with Gasteiger partial charge in [0.1, 0.15) is 5.75 Å². The molecule has 2 N–H and O–H groups in total. The molecule has 1 atom stereocenters. The Morgan fingerprint density at radius 3 is 2.43 bits per heavy atom. The van der Waals surface area contributed by atoms with Gasteiger partial charge in [-0.2, -0.15) is 0 Å². The number of ether oxygens (including phenoxy) is 1. The van der Waals surface area contributed by atoms with Gasteiger partial charge in [0.25, 0.3) is 0 Å². The van der Waals surface area contributed by atoms with Crippen LogP contribution in [0.3, 0.4) is 0 Å². The summed E-state index contributed by atoms with van der Waals surface area (Å²) in [4.78, 5) is 2.42. The van der Waals surface area contributed by atoms with Gasteiger partial charge in [0.15, 0.2) is 0 Å². The Bertz CT molecular complexity index is 578. The van der Waals surface area contributed by atoms with E-state index in [0.29, 0.717) is 0 Å². The molecule has 2 rings (SSSR count). The zero-order valence-electron chi connectivity index (χ0n) is 13.3. The van der Waals surface area contributed by atoms with Crippen molar-refractivity contribution in [2.45, 2.75) is 33.3 Å². The maximum Gasteiger partial charge on any atom is 0.127 e.